The lowest BCUT2D eigenvalue weighted by atomic mass is 10.3. The fourth-order valence-corrected chi connectivity index (χ4v) is 2.22. The predicted octanol–water partition coefficient (Wildman–Crippen LogP) is 3.02. The highest BCUT2D eigenvalue weighted by Crippen LogP contribution is 2.22. The summed E-state index contributed by atoms with van der Waals surface area (Å²) in [7, 11) is 0. The topological polar surface area (TPSA) is 41.6 Å². The summed E-state index contributed by atoms with van der Waals surface area (Å²) in [6, 6.07) is 8.62. The van der Waals surface area contributed by atoms with Crippen LogP contribution in [0.4, 0.5) is 4.39 Å². The number of rotatable bonds is 4. The molecule has 0 bridgehead atoms. The Kier molecular flexibility index (Phi) is 3.78. The first-order valence-electron chi connectivity index (χ1n) is 5.11. The lowest BCUT2D eigenvalue weighted by molar-refractivity contribution is 0.613. The van der Waals surface area contributed by atoms with Gasteiger partial charge in [0.15, 0.2) is 5.16 Å². The standard InChI is InChI=1S/C12H10FN3S/c13-10-4-1-2-5-11(10)16-8-7-15-12(16)17-9-3-6-14/h1-2,4-5,7-8H,3,9H2. The second kappa shape index (κ2) is 5.51. The van der Waals surface area contributed by atoms with Gasteiger partial charge in [0.25, 0.3) is 0 Å². The molecule has 1 aromatic heterocycles. The Morgan fingerprint density at radius 3 is 3.00 bits per heavy atom. The number of benzene rings is 1. The minimum atomic E-state index is -0.285. The quantitative estimate of drug-likeness (QED) is 0.616. The van der Waals surface area contributed by atoms with E-state index in [0.717, 1.165) is 0 Å². The molecule has 0 aliphatic carbocycles. The largest absolute Gasteiger partial charge is 0.292 e. The van der Waals surface area contributed by atoms with Crippen molar-refractivity contribution in [2.45, 2.75) is 11.6 Å². The molecule has 0 saturated heterocycles. The Bertz CT molecular complexity index is 545. The first kappa shape index (κ1) is 11.7. The van der Waals surface area contributed by atoms with E-state index in [1.807, 2.05) is 0 Å². The number of halogens is 1. The van der Waals surface area contributed by atoms with Gasteiger partial charge in [0.1, 0.15) is 5.82 Å². The van der Waals surface area contributed by atoms with E-state index >= 15 is 0 Å². The number of hydrogen-bond acceptors (Lipinski definition) is 3. The summed E-state index contributed by atoms with van der Waals surface area (Å²) in [6.45, 7) is 0. The SMILES string of the molecule is N#CCCSc1nccn1-c1ccccc1F. The molecular formula is C12H10FN3S. The van der Waals surface area contributed by atoms with Gasteiger partial charge in [-0.05, 0) is 12.1 Å². The van der Waals surface area contributed by atoms with Crippen LogP contribution in [0.5, 0.6) is 0 Å². The summed E-state index contributed by atoms with van der Waals surface area (Å²) in [6.07, 6.45) is 3.79. The van der Waals surface area contributed by atoms with Crippen LogP contribution in [0, 0.1) is 17.1 Å². The number of nitriles is 1. The maximum atomic E-state index is 13.6. The number of nitrogens with zero attached hydrogens (tertiary/aromatic N) is 3. The van der Waals surface area contributed by atoms with Gasteiger partial charge in [-0.2, -0.15) is 5.26 Å². The molecule has 86 valence electrons. The van der Waals surface area contributed by atoms with Gasteiger partial charge in [-0.25, -0.2) is 9.37 Å². The van der Waals surface area contributed by atoms with Crippen LogP contribution in [0.2, 0.25) is 0 Å². The summed E-state index contributed by atoms with van der Waals surface area (Å²) in [5.41, 5.74) is 0.476. The molecule has 0 spiro atoms. The van der Waals surface area contributed by atoms with E-state index in [0.29, 0.717) is 23.0 Å². The maximum Gasteiger partial charge on any atom is 0.172 e. The van der Waals surface area contributed by atoms with E-state index < -0.39 is 0 Å². The lowest BCUT2D eigenvalue weighted by Crippen LogP contribution is -1.98. The van der Waals surface area contributed by atoms with Crippen LogP contribution in [0.1, 0.15) is 6.42 Å². The zero-order valence-corrected chi connectivity index (χ0v) is 9.82. The number of aromatic nitrogens is 2. The molecule has 0 atom stereocenters. The minimum Gasteiger partial charge on any atom is -0.292 e. The van der Waals surface area contributed by atoms with Crippen molar-refractivity contribution in [1.29, 1.82) is 5.26 Å². The van der Waals surface area contributed by atoms with E-state index in [2.05, 4.69) is 11.1 Å². The van der Waals surface area contributed by atoms with Crippen molar-refractivity contribution in [3.05, 3.63) is 42.5 Å². The molecule has 0 N–H and O–H groups in total. The van der Waals surface area contributed by atoms with Crippen molar-refractivity contribution in [3.8, 4) is 11.8 Å². The summed E-state index contributed by atoms with van der Waals surface area (Å²) in [5.74, 6) is 0.370. The van der Waals surface area contributed by atoms with Gasteiger partial charge in [0.05, 0.1) is 11.8 Å². The first-order valence-corrected chi connectivity index (χ1v) is 6.09. The van der Waals surface area contributed by atoms with Crippen LogP contribution in [0.25, 0.3) is 5.69 Å². The second-order valence-corrected chi connectivity index (χ2v) is 4.35. The number of imidazole rings is 1. The van der Waals surface area contributed by atoms with E-state index in [9.17, 15) is 4.39 Å². The molecule has 3 nitrogen and oxygen atoms in total. The Labute approximate surface area is 103 Å². The van der Waals surface area contributed by atoms with Crippen LogP contribution in [-0.2, 0) is 0 Å². The number of thioether (sulfide) groups is 1. The summed E-state index contributed by atoms with van der Waals surface area (Å²) >= 11 is 1.44. The molecule has 0 amide bonds. The smallest absolute Gasteiger partial charge is 0.172 e. The molecule has 0 fully saturated rings. The van der Waals surface area contributed by atoms with Crippen molar-refractivity contribution in [3.63, 3.8) is 0 Å². The van der Waals surface area contributed by atoms with Crippen LogP contribution < -0.4 is 0 Å². The van der Waals surface area contributed by atoms with Gasteiger partial charge in [-0.3, -0.25) is 4.57 Å². The van der Waals surface area contributed by atoms with E-state index in [4.69, 9.17) is 5.26 Å². The van der Waals surface area contributed by atoms with Crippen LogP contribution in [0.15, 0.2) is 41.8 Å². The van der Waals surface area contributed by atoms with Crippen LogP contribution in [0.3, 0.4) is 0 Å². The fraction of sp³-hybridized carbons (Fsp3) is 0.167. The Morgan fingerprint density at radius 1 is 1.41 bits per heavy atom. The van der Waals surface area contributed by atoms with Crippen molar-refractivity contribution >= 4 is 11.8 Å². The fourth-order valence-electron chi connectivity index (χ4n) is 1.41. The molecule has 0 unspecified atom stereocenters. The van der Waals surface area contributed by atoms with Gasteiger partial charge >= 0.3 is 0 Å². The summed E-state index contributed by atoms with van der Waals surface area (Å²) < 4.78 is 15.3. The molecule has 1 heterocycles. The highest BCUT2D eigenvalue weighted by Gasteiger charge is 2.08. The molecule has 2 rings (SSSR count). The molecule has 0 radical (unpaired) electrons. The van der Waals surface area contributed by atoms with E-state index in [1.165, 1.54) is 17.8 Å². The zero-order chi connectivity index (χ0) is 12.1. The van der Waals surface area contributed by atoms with E-state index in [-0.39, 0.29) is 5.82 Å². The van der Waals surface area contributed by atoms with Gasteiger partial charge < -0.3 is 0 Å². The number of hydrogen-bond donors (Lipinski definition) is 0. The molecule has 1 aromatic carbocycles. The van der Waals surface area contributed by atoms with Crippen molar-refractivity contribution in [2.24, 2.45) is 0 Å². The minimum absolute atomic E-state index is 0.285. The van der Waals surface area contributed by atoms with Gasteiger partial charge in [0, 0.05) is 24.6 Å². The highest BCUT2D eigenvalue weighted by atomic mass is 32.2. The number of para-hydroxylation sites is 1. The molecule has 0 aliphatic rings. The third-order valence-corrected chi connectivity index (χ3v) is 3.13. The van der Waals surface area contributed by atoms with Gasteiger partial charge in [0.2, 0.25) is 0 Å². The lowest BCUT2D eigenvalue weighted by Gasteiger charge is -2.07. The van der Waals surface area contributed by atoms with Crippen molar-refractivity contribution in [2.75, 3.05) is 5.75 Å². The molecule has 0 saturated carbocycles. The summed E-state index contributed by atoms with van der Waals surface area (Å²) in [4.78, 5) is 4.16. The monoisotopic (exact) mass is 247 g/mol. The van der Waals surface area contributed by atoms with Crippen LogP contribution >= 0.6 is 11.8 Å². The summed E-state index contributed by atoms with van der Waals surface area (Å²) in [5, 5.41) is 9.17. The third-order valence-electron chi connectivity index (χ3n) is 2.16. The Balaban J connectivity index is 2.25. The normalized spacial score (nSPS) is 10.1. The van der Waals surface area contributed by atoms with E-state index in [1.54, 1.807) is 35.2 Å². The van der Waals surface area contributed by atoms with Crippen molar-refractivity contribution < 1.29 is 4.39 Å². The highest BCUT2D eigenvalue weighted by molar-refractivity contribution is 7.99. The molecule has 2 aromatic rings. The maximum absolute atomic E-state index is 13.6. The Hall–Kier alpha value is -1.80. The first-order chi connectivity index (χ1) is 8.33. The molecular weight excluding hydrogens is 237 g/mol. The third kappa shape index (κ3) is 2.66. The van der Waals surface area contributed by atoms with Gasteiger partial charge in [-0.15, -0.1) is 0 Å². The second-order valence-electron chi connectivity index (χ2n) is 3.29. The molecule has 17 heavy (non-hydrogen) atoms. The average Bonchev–Trinajstić information content (AvgIpc) is 2.78. The predicted molar refractivity (Wildman–Crippen MR) is 64.5 cm³/mol. The van der Waals surface area contributed by atoms with Crippen LogP contribution in [-0.4, -0.2) is 15.3 Å². The van der Waals surface area contributed by atoms with Crippen molar-refractivity contribution in [1.82, 2.24) is 9.55 Å². The molecule has 5 heteroatoms. The van der Waals surface area contributed by atoms with Gasteiger partial charge in [-0.1, -0.05) is 23.9 Å². The molecule has 0 aliphatic heterocycles. The Morgan fingerprint density at radius 2 is 2.24 bits per heavy atom. The zero-order valence-electron chi connectivity index (χ0n) is 9.01. The average molecular weight is 247 g/mol.